The minimum atomic E-state index is -0.453. The van der Waals surface area contributed by atoms with Crippen LogP contribution in [0.5, 0.6) is 0 Å². The topological polar surface area (TPSA) is 95.9 Å². The van der Waals surface area contributed by atoms with E-state index in [2.05, 4.69) is 9.97 Å². The van der Waals surface area contributed by atoms with Gasteiger partial charge in [0.25, 0.3) is 5.56 Å². The van der Waals surface area contributed by atoms with Crippen molar-refractivity contribution in [3.63, 3.8) is 0 Å². The van der Waals surface area contributed by atoms with Crippen molar-refractivity contribution in [2.45, 2.75) is 26.4 Å². The normalized spacial score (nSPS) is 11.0. The van der Waals surface area contributed by atoms with Crippen LogP contribution in [0.25, 0.3) is 11.0 Å². The van der Waals surface area contributed by atoms with Gasteiger partial charge in [0.05, 0.1) is 6.54 Å². The van der Waals surface area contributed by atoms with Crippen molar-refractivity contribution in [1.29, 1.82) is 0 Å². The molecule has 0 radical (unpaired) electrons. The molecule has 0 saturated heterocycles. The fraction of sp³-hybridized carbons (Fsp3) is 0.267. The number of fused-ring (bicyclic) bond motifs is 1. The molecular formula is C15H15N5O3. The Labute approximate surface area is 131 Å². The Morgan fingerprint density at radius 2 is 1.96 bits per heavy atom. The Morgan fingerprint density at radius 1 is 1.17 bits per heavy atom. The van der Waals surface area contributed by atoms with E-state index in [0.29, 0.717) is 31.0 Å². The van der Waals surface area contributed by atoms with E-state index in [1.807, 2.05) is 12.1 Å². The second-order valence-corrected chi connectivity index (χ2v) is 5.17. The number of hydrogen-bond donors (Lipinski definition) is 0. The quantitative estimate of drug-likeness (QED) is 0.529. The highest BCUT2D eigenvalue weighted by atomic mass is 16.6. The highest BCUT2D eigenvalue weighted by molar-refractivity contribution is 5.74. The molecule has 0 atom stereocenters. The molecule has 23 heavy (non-hydrogen) atoms. The Balaban J connectivity index is 1.83. The molecule has 0 amide bonds. The van der Waals surface area contributed by atoms with Crippen molar-refractivity contribution in [3.05, 3.63) is 63.0 Å². The van der Waals surface area contributed by atoms with Crippen LogP contribution in [-0.2, 0) is 13.1 Å². The van der Waals surface area contributed by atoms with Gasteiger partial charge in [-0.2, -0.15) is 0 Å². The predicted molar refractivity (Wildman–Crippen MR) is 84.2 cm³/mol. The van der Waals surface area contributed by atoms with Crippen molar-refractivity contribution in [2.75, 3.05) is 0 Å². The summed E-state index contributed by atoms with van der Waals surface area (Å²) in [6.07, 6.45) is 3.46. The SMILES string of the molecule is Cc1ncc([N+](=O)[O-])n1CCCn1c(=O)ccc2cccnc21. The fourth-order valence-corrected chi connectivity index (χ4v) is 2.60. The van der Waals surface area contributed by atoms with Crippen molar-refractivity contribution in [1.82, 2.24) is 19.1 Å². The van der Waals surface area contributed by atoms with E-state index >= 15 is 0 Å². The van der Waals surface area contributed by atoms with Gasteiger partial charge in [-0.25, -0.2) is 14.5 Å². The third-order valence-electron chi connectivity index (χ3n) is 3.73. The Hall–Kier alpha value is -3.03. The van der Waals surface area contributed by atoms with Gasteiger partial charge in [0.15, 0.2) is 5.82 Å². The van der Waals surface area contributed by atoms with Gasteiger partial charge < -0.3 is 10.1 Å². The van der Waals surface area contributed by atoms with Gasteiger partial charge in [0.1, 0.15) is 11.8 Å². The second-order valence-electron chi connectivity index (χ2n) is 5.17. The van der Waals surface area contributed by atoms with Crippen molar-refractivity contribution in [2.24, 2.45) is 0 Å². The van der Waals surface area contributed by atoms with Crippen molar-refractivity contribution < 1.29 is 4.92 Å². The van der Waals surface area contributed by atoms with Crippen LogP contribution in [0, 0.1) is 17.0 Å². The first-order chi connectivity index (χ1) is 11.1. The van der Waals surface area contributed by atoms with Crippen molar-refractivity contribution >= 4 is 16.9 Å². The monoisotopic (exact) mass is 313 g/mol. The summed E-state index contributed by atoms with van der Waals surface area (Å²) < 4.78 is 3.14. The van der Waals surface area contributed by atoms with Gasteiger partial charge in [-0.1, -0.05) is 0 Å². The number of nitro groups is 1. The minimum Gasteiger partial charge on any atom is -0.358 e. The van der Waals surface area contributed by atoms with Gasteiger partial charge in [0, 0.05) is 37.5 Å². The van der Waals surface area contributed by atoms with E-state index in [4.69, 9.17) is 0 Å². The molecule has 0 unspecified atom stereocenters. The predicted octanol–water partition coefficient (Wildman–Crippen LogP) is 1.90. The molecule has 0 spiro atoms. The van der Waals surface area contributed by atoms with Crippen molar-refractivity contribution in [3.8, 4) is 0 Å². The summed E-state index contributed by atoms with van der Waals surface area (Å²) in [6.45, 7) is 2.57. The van der Waals surface area contributed by atoms with Gasteiger partial charge in [-0.15, -0.1) is 0 Å². The van der Waals surface area contributed by atoms with Gasteiger partial charge >= 0.3 is 5.82 Å². The molecule has 0 N–H and O–H groups in total. The zero-order chi connectivity index (χ0) is 16.4. The van der Waals surface area contributed by atoms with E-state index in [9.17, 15) is 14.9 Å². The second kappa shape index (κ2) is 5.99. The van der Waals surface area contributed by atoms with Crippen LogP contribution in [-0.4, -0.2) is 24.0 Å². The number of rotatable bonds is 5. The van der Waals surface area contributed by atoms with Crippen LogP contribution in [0.2, 0.25) is 0 Å². The first kappa shape index (κ1) is 14.9. The van der Waals surface area contributed by atoms with Crippen LogP contribution in [0.3, 0.4) is 0 Å². The first-order valence-corrected chi connectivity index (χ1v) is 7.19. The lowest BCUT2D eigenvalue weighted by atomic mass is 10.3. The highest BCUT2D eigenvalue weighted by Gasteiger charge is 2.16. The molecule has 3 aromatic heterocycles. The average molecular weight is 313 g/mol. The molecule has 8 nitrogen and oxygen atoms in total. The fourth-order valence-electron chi connectivity index (χ4n) is 2.60. The van der Waals surface area contributed by atoms with E-state index in [0.717, 1.165) is 5.39 Å². The zero-order valence-electron chi connectivity index (χ0n) is 12.5. The summed E-state index contributed by atoms with van der Waals surface area (Å²) in [6, 6.07) is 6.96. The minimum absolute atomic E-state index is 0.0362. The maximum Gasteiger partial charge on any atom is 0.342 e. The van der Waals surface area contributed by atoms with E-state index in [1.54, 1.807) is 28.3 Å². The molecule has 0 aliphatic rings. The summed E-state index contributed by atoms with van der Waals surface area (Å²) in [5, 5.41) is 11.9. The number of hydrogen-bond acceptors (Lipinski definition) is 5. The Bertz CT molecular complexity index is 928. The lowest BCUT2D eigenvalue weighted by Crippen LogP contribution is -2.21. The maximum atomic E-state index is 12.1. The number of pyridine rings is 2. The number of aromatic nitrogens is 4. The van der Waals surface area contributed by atoms with Crippen LogP contribution in [0.4, 0.5) is 5.82 Å². The van der Waals surface area contributed by atoms with E-state index < -0.39 is 4.92 Å². The average Bonchev–Trinajstić information content (AvgIpc) is 2.91. The summed E-state index contributed by atoms with van der Waals surface area (Å²) >= 11 is 0. The van der Waals surface area contributed by atoms with Crippen LogP contribution >= 0.6 is 0 Å². The van der Waals surface area contributed by atoms with E-state index in [-0.39, 0.29) is 11.4 Å². The van der Waals surface area contributed by atoms with E-state index in [1.165, 1.54) is 12.3 Å². The molecule has 0 bridgehead atoms. The smallest absolute Gasteiger partial charge is 0.342 e. The maximum absolute atomic E-state index is 12.1. The summed E-state index contributed by atoms with van der Waals surface area (Å²) in [4.78, 5) is 30.8. The summed E-state index contributed by atoms with van der Waals surface area (Å²) in [7, 11) is 0. The number of aryl methyl sites for hydroxylation is 2. The Kier molecular flexibility index (Phi) is 3.88. The summed E-state index contributed by atoms with van der Waals surface area (Å²) in [5.74, 6) is 0.547. The number of nitrogens with zero attached hydrogens (tertiary/aromatic N) is 5. The molecule has 118 valence electrons. The lowest BCUT2D eigenvalue weighted by molar-refractivity contribution is -0.392. The molecule has 8 heteroatoms. The third-order valence-corrected chi connectivity index (χ3v) is 3.73. The molecule has 0 aliphatic heterocycles. The standard InChI is InChI=1S/C15H15N5O3/c1-11-17-10-13(20(22)23)18(11)8-3-9-19-14(21)6-5-12-4-2-7-16-15(12)19/h2,4-7,10H,3,8-9H2,1H3. The molecule has 3 rings (SSSR count). The molecular weight excluding hydrogens is 298 g/mol. The molecule has 0 aromatic carbocycles. The zero-order valence-corrected chi connectivity index (χ0v) is 12.5. The number of imidazole rings is 1. The Morgan fingerprint density at radius 3 is 2.74 bits per heavy atom. The first-order valence-electron chi connectivity index (χ1n) is 7.19. The third kappa shape index (κ3) is 2.83. The molecule has 0 aliphatic carbocycles. The summed E-state index contributed by atoms with van der Waals surface area (Å²) in [5.41, 5.74) is 0.491. The van der Waals surface area contributed by atoms with Crippen LogP contribution < -0.4 is 5.56 Å². The molecule has 0 fully saturated rings. The lowest BCUT2D eigenvalue weighted by Gasteiger charge is -2.09. The molecule has 0 saturated carbocycles. The highest BCUT2D eigenvalue weighted by Crippen LogP contribution is 2.15. The van der Waals surface area contributed by atoms with Gasteiger partial charge in [0.2, 0.25) is 0 Å². The largest absolute Gasteiger partial charge is 0.358 e. The van der Waals surface area contributed by atoms with Crippen LogP contribution in [0.15, 0.2) is 41.5 Å². The molecule has 3 heterocycles. The molecule has 3 aromatic rings. The van der Waals surface area contributed by atoms with Crippen LogP contribution in [0.1, 0.15) is 12.2 Å². The van der Waals surface area contributed by atoms with Gasteiger partial charge in [-0.05, 0) is 23.1 Å². The van der Waals surface area contributed by atoms with Gasteiger partial charge in [-0.3, -0.25) is 9.36 Å².